The molecule has 0 unspecified atom stereocenters. The Morgan fingerprint density at radius 1 is 0.952 bits per heavy atom. The molecule has 0 amide bonds. The van der Waals surface area contributed by atoms with Crippen LogP contribution in [0.4, 0.5) is 0 Å². The van der Waals surface area contributed by atoms with Crippen molar-refractivity contribution in [3.05, 3.63) is 35.9 Å². The Kier molecular flexibility index (Phi) is 6.85. The van der Waals surface area contributed by atoms with Gasteiger partial charge in [-0.3, -0.25) is 4.84 Å². The van der Waals surface area contributed by atoms with Gasteiger partial charge in [-0.25, -0.2) is 0 Å². The first-order valence-electron chi connectivity index (χ1n) is 7.71. The van der Waals surface area contributed by atoms with Crippen molar-refractivity contribution < 1.29 is 9.57 Å². The van der Waals surface area contributed by atoms with Crippen molar-refractivity contribution in [3.8, 4) is 0 Å². The van der Waals surface area contributed by atoms with Gasteiger partial charge in [0.2, 0.25) is 0 Å². The minimum atomic E-state index is 0.122. The molecule has 120 valence electrons. The highest BCUT2D eigenvalue weighted by Gasteiger charge is 2.42. The van der Waals surface area contributed by atoms with Gasteiger partial charge in [0.05, 0.1) is 6.61 Å². The van der Waals surface area contributed by atoms with E-state index in [1.165, 1.54) is 24.8 Å². The Balaban J connectivity index is 0.000000677. The molecule has 0 N–H and O–H groups in total. The van der Waals surface area contributed by atoms with Crippen molar-refractivity contribution in [1.29, 1.82) is 0 Å². The molecule has 0 radical (unpaired) electrons. The Bertz CT molecular complexity index is 385. The highest BCUT2D eigenvalue weighted by Crippen LogP contribution is 2.38. The minimum absolute atomic E-state index is 0.122. The van der Waals surface area contributed by atoms with Gasteiger partial charge in [-0.1, -0.05) is 30.3 Å². The first-order chi connectivity index (χ1) is 9.83. The average molecular weight is 293 g/mol. The van der Waals surface area contributed by atoms with E-state index < -0.39 is 0 Å². The molecule has 21 heavy (non-hydrogen) atoms. The third-order valence-electron chi connectivity index (χ3n) is 3.88. The predicted octanol–water partition coefficient (Wildman–Crippen LogP) is 4.42. The lowest BCUT2D eigenvalue weighted by atomic mass is 9.82. The second-order valence-corrected chi connectivity index (χ2v) is 6.94. The van der Waals surface area contributed by atoms with Crippen LogP contribution in [0.1, 0.15) is 52.5 Å². The van der Waals surface area contributed by atoms with E-state index in [4.69, 9.17) is 4.84 Å². The predicted molar refractivity (Wildman–Crippen MR) is 88.0 cm³/mol. The van der Waals surface area contributed by atoms with Crippen LogP contribution >= 0.6 is 0 Å². The maximum Gasteiger partial charge on any atom is 0.0936 e. The van der Waals surface area contributed by atoms with Crippen LogP contribution in [0, 0.1) is 0 Å². The standard InChI is InChI=1S/C16H25NO.C2H6O/c1-15(2)11-8-12-16(3,4)17(15)18-13-14-9-6-5-7-10-14;1-3-2/h5-7,9-10H,8,11-13H2,1-4H3;1-2H3. The number of hydroxylamine groups is 2. The molecule has 0 atom stereocenters. The highest BCUT2D eigenvalue weighted by atomic mass is 16.7. The molecule has 3 heteroatoms. The Hall–Kier alpha value is -0.900. The summed E-state index contributed by atoms with van der Waals surface area (Å²) in [4.78, 5) is 6.13. The van der Waals surface area contributed by atoms with E-state index in [1.54, 1.807) is 14.2 Å². The molecular formula is C18H31NO2. The molecule has 0 aromatic heterocycles. The zero-order chi connectivity index (χ0) is 15.9. The lowest BCUT2D eigenvalue weighted by Crippen LogP contribution is -2.58. The highest BCUT2D eigenvalue weighted by molar-refractivity contribution is 5.13. The number of nitrogens with zero attached hydrogens (tertiary/aromatic N) is 1. The molecule has 0 spiro atoms. The van der Waals surface area contributed by atoms with E-state index in [9.17, 15) is 0 Å². The molecule has 1 aliphatic rings. The molecular weight excluding hydrogens is 262 g/mol. The molecule has 2 rings (SSSR count). The third-order valence-corrected chi connectivity index (χ3v) is 3.88. The number of hydrogen-bond donors (Lipinski definition) is 0. The van der Waals surface area contributed by atoms with Gasteiger partial charge in [0, 0.05) is 25.3 Å². The molecule has 1 aromatic carbocycles. The van der Waals surface area contributed by atoms with Crippen LogP contribution in [0.3, 0.4) is 0 Å². The quantitative estimate of drug-likeness (QED) is 0.823. The van der Waals surface area contributed by atoms with Crippen LogP contribution in [-0.2, 0) is 16.2 Å². The number of rotatable bonds is 3. The van der Waals surface area contributed by atoms with Crippen molar-refractivity contribution in [2.24, 2.45) is 0 Å². The topological polar surface area (TPSA) is 21.7 Å². The molecule has 0 aliphatic carbocycles. The van der Waals surface area contributed by atoms with Crippen LogP contribution in [0.25, 0.3) is 0 Å². The molecule has 0 bridgehead atoms. The van der Waals surface area contributed by atoms with E-state index in [0.29, 0.717) is 6.61 Å². The van der Waals surface area contributed by atoms with Gasteiger partial charge in [0.15, 0.2) is 0 Å². The van der Waals surface area contributed by atoms with Crippen LogP contribution in [0.15, 0.2) is 30.3 Å². The normalized spacial score (nSPS) is 20.5. The van der Waals surface area contributed by atoms with Crippen molar-refractivity contribution in [1.82, 2.24) is 5.06 Å². The van der Waals surface area contributed by atoms with Gasteiger partial charge < -0.3 is 4.74 Å². The second kappa shape index (κ2) is 7.92. The number of methoxy groups -OCH3 is 1. The second-order valence-electron chi connectivity index (χ2n) is 6.94. The average Bonchev–Trinajstić information content (AvgIpc) is 2.38. The van der Waals surface area contributed by atoms with Crippen molar-refractivity contribution >= 4 is 0 Å². The molecule has 3 nitrogen and oxygen atoms in total. The van der Waals surface area contributed by atoms with Crippen molar-refractivity contribution in [2.75, 3.05) is 14.2 Å². The maximum absolute atomic E-state index is 6.13. The van der Waals surface area contributed by atoms with E-state index >= 15 is 0 Å². The maximum atomic E-state index is 6.13. The number of benzene rings is 1. The summed E-state index contributed by atoms with van der Waals surface area (Å²) in [7, 11) is 3.25. The fourth-order valence-corrected chi connectivity index (χ4v) is 3.04. The Labute approximate surface area is 130 Å². The molecule has 1 aromatic rings. The summed E-state index contributed by atoms with van der Waals surface area (Å²) in [6.07, 6.45) is 3.68. The number of ether oxygens (including phenoxy) is 1. The molecule has 1 aliphatic heterocycles. The monoisotopic (exact) mass is 293 g/mol. The summed E-state index contributed by atoms with van der Waals surface area (Å²) in [5.41, 5.74) is 1.47. The van der Waals surface area contributed by atoms with Gasteiger partial charge in [0.25, 0.3) is 0 Å². The third kappa shape index (κ3) is 5.42. The fourth-order valence-electron chi connectivity index (χ4n) is 3.04. The van der Waals surface area contributed by atoms with E-state index in [2.05, 4.69) is 61.8 Å². The molecule has 1 heterocycles. The zero-order valence-electron chi connectivity index (χ0n) is 14.5. The molecule has 1 saturated heterocycles. The number of piperidine rings is 1. The van der Waals surface area contributed by atoms with E-state index in [-0.39, 0.29) is 11.1 Å². The zero-order valence-corrected chi connectivity index (χ0v) is 14.5. The summed E-state index contributed by atoms with van der Waals surface area (Å²) < 4.78 is 4.25. The fraction of sp³-hybridized carbons (Fsp3) is 0.667. The summed E-state index contributed by atoms with van der Waals surface area (Å²) >= 11 is 0. The first kappa shape index (κ1) is 18.1. The van der Waals surface area contributed by atoms with Crippen molar-refractivity contribution in [2.45, 2.75) is 64.6 Å². The first-order valence-corrected chi connectivity index (χ1v) is 7.71. The summed E-state index contributed by atoms with van der Waals surface area (Å²) in [5, 5.41) is 2.22. The Morgan fingerprint density at radius 3 is 1.90 bits per heavy atom. The van der Waals surface area contributed by atoms with Crippen LogP contribution in [0.2, 0.25) is 0 Å². The van der Waals surface area contributed by atoms with Crippen LogP contribution < -0.4 is 0 Å². The number of hydrogen-bond acceptors (Lipinski definition) is 3. The minimum Gasteiger partial charge on any atom is -0.388 e. The molecule has 0 saturated carbocycles. The van der Waals surface area contributed by atoms with Crippen LogP contribution in [-0.4, -0.2) is 30.4 Å². The summed E-state index contributed by atoms with van der Waals surface area (Å²) in [6, 6.07) is 10.4. The smallest absolute Gasteiger partial charge is 0.0936 e. The van der Waals surface area contributed by atoms with Gasteiger partial charge in [-0.05, 0) is 52.5 Å². The van der Waals surface area contributed by atoms with Gasteiger partial charge in [-0.15, -0.1) is 0 Å². The summed E-state index contributed by atoms with van der Waals surface area (Å²) in [6.45, 7) is 9.77. The van der Waals surface area contributed by atoms with E-state index in [0.717, 1.165) is 0 Å². The summed E-state index contributed by atoms with van der Waals surface area (Å²) in [5.74, 6) is 0. The largest absolute Gasteiger partial charge is 0.388 e. The van der Waals surface area contributed by atoms with Crippen molar-refractivity contribution in [3.63, 3.8) is 0 Å². The lowest BCUT2D eigenvalue weighted by molar-refractivity contribution is -0.288. The SMILES string of the molecule is CC1(C)CCCC(C)(C)N1OCc1ccccc1.COC. The van der Waals surface area contributed by atoms with Gasteiger partial charge in [-0.2, -0.15) is 5.06 Å². The van der Waals surface area contributed by atoms with Crippen LogP contribution in [0.5, 0.6) is 0 Å². The Morgan fingerprint density at radius 2 is 1.43 bits per heavy atom. The van der Waals surface area contributed by atoms with Gasteiger partial charge in [0.1, 0.15) is 0 Å². The van der Waals surface area contributed by atoms with Gasteiger partial charge >= 0.3 is 0 Å². The molecule has 1 fully saturated rings. The van der Waals surface area contributed by atoms with E-state index in [1.807, 2.05) is 6.07 Å². The lowest BCUT2D eigenvalue weighted by Gasteiger charge is -2.51.